The molecule has 0 unspecified atom stereocenters. The molecule has 1 aliphatic rings. The van der Waals surface area contributed by atoms with E-state index in [0.717, 1.165) is 19.3 Å². The van der Waals surface area contributed by atoms with Crippen molar-refractivity contribution in [1.82, 2.24) is 0 Å². The van der Waals surface area contributed by atoms with E-state index in [1.54, 1.807) is 0 Å². The predicted molar refractivity (Wildman–Crippen MR) is 46.1 cm³/mol. The number of hydrogen-bond acceptors (Lipinski definition) is 3. The molecule has 1 saturated heterocycles. The third kappa shape index (κ3) is 3.09. The SMILES string of the molecule is CCCCC1(O)COCCOC1. The Bertz CT molecular complexity index is 117. The number of hydrogen-bond donors (Lipinski definition) is 1. The van der Waals surface area contributed by atoms with Gasteiger partial charge >= 0.3 is 0 Å². The van der Waals surface area contributed by atoms with Crippen molar-refractivity contribution in [2.24, 2.45) is 0 Å². The zero-order chi connectivity index (χ0) is 8.86. The van der Waals surface area contributed by atoms with Crippen LogP contribution in [0, 0.1) is 0 Å². The van der Waals surface area contributed by atoms with Gasteiger partial charge in [0.2, 0.25) is 0 Å². The van der Waals surface area contributed by atoms with Crippen LogP contribution in [0.5, 0.6) is 0 Å². The van der Waals surface area contributed by atoms with Gasteiger partial charge in [-0.3, -0.25) is 0 Å². The highest BCUT2D eigenvalue weighted by Crippen LogP contribution is 2.17. The maximum Gasteiger partial charge on any atom is 0.111 e. The second kappa shape index (κ2) is 4.80. The second-order valence-corrected chi connectivity index (χ2v) is 3.43. The lowest BCUT2D eigenvalue weighted by molar-refractivity contribution is -0.0614. The van der Waals surface area contributed by atoms with Crippen molar-refractivity contribution < 1.29 is 14.6 Å². The summed E-state index contributed by atoms with van der Waals surface area (Å²) in [6.45, 7) is 4.17. The van der Waals surface area contributed by atoms with Crippen LogP contribution in [-0.2, 0) is 9.47 Å². The van der Waals surface area contributed by atoms with Crippen LogP contribution in [0.4, 0.5) is 0 Å². The minimum absolute atomic E-state index is 0.424. The van der Waals surface area contributed by atoms with E-state index < -0.39 is 5.60 Å². The summed E-state index contributed by atoms with van der Waals surface area (Å²) in [6, 6.07) is 0. The molecule has 1 fully saturated rings. The Morgan fingerprint density at radius 1 is 1.25 bits per heavy atom. The minimum Gasteiger partial charge on any atom is -0.385 e. The lowest BCUT2D eigenvalue weighted by atomic mass is 9.99. The van der Waals surface area contributed by atoms with Crippen LogP contribution in [0.25, 0.3) is 0 Å². The summed E-state index contributed by atoms with van der Waals surface area (Å²) in [5, 5.41) is 9.93. The first-order valence-corrected chi connectivity index (χ1v) is 4.65. The summed E-state index contributed by atoms with van der Waals surface area (Å²) in [5.41, 5.74) is -0.730. The van der Waals surface area contributed by atoms with Crippen molar-refractivity contribution in [3.8, 4) is 0 Å². The van der Waals surface area contributed by atoms with Crippen molar-refractivity contribution >= 4 is 0 Å². The molecule has 0 spiro atoms. The topological polar surface area (TPSA) is 38.7 Å². The quantitative estimate of drug-likeness (QED) is 0.692. The Balaban J connectivity index is 2.32. The van der Waals surface area contributed by atoms with Crippen LogP contribution in [0.2, 0.25) is 0 Å². The van der Waals surface area contributed by atoms with E-state index in [9.17, 15) is 5.11 Å². The number of unbranched alkanes of at least 4 members (excludes halogenated alkanes) is 1. The van der Waals surface area contributed by atoms with Crippen LogP contribution < -0.4 is 0 Å². The van der Waals surface area contributed by atoms with Crippen LogP contribution in [0.3, 0.4) is 0 Å². The fourth-order valence-electron chi connectivity index (χ4n) is 1.33. The van der Waals surface area contributed by atoms with Crippen molar-refractivity contribution in [2.45, 2.75) is 31.8 Å². The summed E-state index contributed by atoms with van der Waals surface area (Å²) in [7, 11) is 0. The lowest BCUT2D eigenvalue weighted by Gasteiger charge is -2.24. The van der Waals surface area contributed by atoms with Crippen molar-refractivity contribution in [3.05, 3.63) is 0 Å². The van der Waals surface area contributed by atoms with E-state index in [-0.39, 0.29) is 0 Å². The van der Waals surface area contributed by atoms with E-state index >= 15 is 0 Å². The monoisotopic (exact) mass is 174 g/mol. The number of aliphatic hydroxyl groups is 1. The van der Waals surface area contributed by atoms with Gasteiger partial charge in [-0.1, -0.05) is 19.8 Å². The second-order valence-electron chi connectivity index (χ2n) is 3.43. The standard InChI is InChI=1S/C9H18O3/c1-2-3-4-9(10)7-11-5-6-12-8-9/h10H,2-8H2,1H3. The Hall–Kier alpha value is -0.120. The van der Waals surface area contributed by atoms with Gasteiger partial charge in [0.15, 0.2) is 0 Å². The summed E-state index contributed by atoms with van der Waals surface area (Å²) in [6.07, 6.45) is 2.91. The molecule has 1 N–H and O–H groups in total. The van der Waals surface area contributed by atoms with Gasteiger partial charge in [0.25, 0.3) is 0 Å². The van der Waals surface area contributed by atoms with E-state index in [1.165, 1.54) is 0 Å². The fourth-order valence-corrected chi connectivity index (χ4v) is 1.33. The molecule has 3 heteroatoms. The Morgan fingerprint density at radius 3 is 2.33 bits per heavy atom. The zero-order valence-corrected chi connectivity index (χ0v) is 7.71. The summed E-state index contributed by atoms with van der Waals surface area (Å²) < 4.78 is 10.5. The predicted octanol–water partition coefficient (Wildman–Crippen LogP) is 0.954. The minimum atomic E-state index is -0.730. The van der Waals surface area contributed by atoms with Gasteiger partial charge in [-0.15, -0.1) is 0 Å². The molecule has 0 aromatic carbocycles. The molecule has 0 aromatic heterocycles. The molecule has 0 radical (unpaired) electrons. The Kier molecular flexibility index (Phi) is 3.98. The first-order valence-electron chi connectivity index (χ1n) is 4.65. The molecule has 12 heavy (non-hydrogen) atoms. The first-order chi connectivity index (χ1) is 5.77. The average molecular weight is 174 g/mol. The molecule has 0 amide bonds. The first kappa shape index (κ1) is 9.96. The highest BCUT2D eigenvalue weighted by atomic mass is 16.6. The third-order valence-electron chi connectivity index (χ3n) is 2.11. The number of rotatable bonds is 3. The molecule has 3 nitrogen and oxygen atoms in total. The van der Waals surface area contributed by atoms with Crippen LogP contribution in [0.1, 0.15) is 26.2 Å². The van der Waals surface area contributed by atoms with E-state index in [4.69, 9.17) is 9.47 Å². The third-order valence-corrected chi connectivity index (χ3v) is 2.11. The molecular formula is C9H18O3. The fraction of sp³-hybridized carbons (Fsp3) is 1.00. The summed E-state index contributed by atoms with van der Waals surface area (Å²) in [4.78, 5) is 0. The average Bonchev–Trinajstić information content (AvgIpc) is 2.27. The largest absolute Gasteiger partial charge is 0.385 e. The molecule has 1 rings (SSSR count). The van der Waals surface area contributed by atoms with Gasteiger partial charge in [0, 0.05) is 0 Å². The molecule has 0 atom stereocenters. The van der Waals surface area contributed by atoms with E-state index in [2.05, 4.69) is 6.92 Å². The van der Waals surface area contributed by atoms with Gasteiger partial charge in [0.05, 0.1) is 26.4 Å². The van der Waals surface area contributed by atoms with Crippen LogP contribution in [0.15, 0.2) is 0 Å². The van der Waals surface area contributed by atoms with Crippen LogP contribution >= 0.6 is 0 Å². The highest BCUT2D eigenvalue weighted by Gasteiger charge is 2.28. The summed E-state index contributed by atoms with van der Waals surface area (Å²) in [5.74, 6) is 0. The summed E-state index contributed by atoms with van der Waals surface area (Å²) >= 11 is 0. The lowest BCUT2D eigenvalue weighted by Crippen LogP contribution is -2.37. The van der Waals surface area contributed by atoms with Gasteiger partial charge in [-0.05, 0) is 6.42 Å². The normalized spacial score (nSPS) is 23.5. The molecule has 1 heterocycles. The maximum absolute atomic E-state index is 9.93. The van der Waals surface area contributed by atoms with E-state index in [0.29, 0.717) is 26.4 Å². The molecule has 0 aromatic rings. The van der Waals surface area contributed by atoms with E-state index in [1.807, 2.05) is 0 Å². The van der Waals surface area contributed by atoms with Crippen LogP contribution in [-0.4, -0.2) is 37.1 Å². The van der Waals surface area contributed by atoms with Gasteiger partial charge in [-0.2, -0.15) is 0 Å². The molecule has 0 aliphatic carbocycles. The Labute approximate surface area is 73.7 Å². The van der Waals surface area contributed by atoms with Gasteiger partial charge in [0.1, 0.15) is 5.60 Å². The van der Waals surface area contributed by atoms with Crippen molar-refractivity contribution in [2.75, 3.05) is 26.4 Å². The van der Waals surface area contributed by atoms with Crippen molar-refractivity contribution in [3.63, 3.8) is 0 Å². The Morgan fingerprint density at radius 2 is 1.83 bits per heavy atom. The van der Waals surface area contributed by atoms with Gasteiger partial charge < -0.3 is 14.6 Å². The zero-order valence-electron chi connectivity index (χ0n) is 7.71. The number of ether oxygens (including phenoxy) is 2. The van der Waals surface area contributed by atoms with Gasteiger partial charge in [-0.25, -0.2) is 0 Å². The molecule has 0 saturated carbocycles. The van der Waals surface area contributed by atoms with Crippen molar-refractivity contribution in [1.29, 1.82) is 0 Å². The molecule has 1 aliphatic heterocycles. The molecule has 0 bridgehead atoms. The molecule has 72 valence electrons. The smallest absolute Gasteiger partial charge is 0.111 e. The molecular weight excluding hydrogens is 156 g/mol. The highest BCUT2D eigenvalue weighted by molar-refractivity contribution is 4.78. The maximum atomic E-state index is 9.93.